The van der Waals surface area contributed by atoms with E-state index < -0.39 is 0 Å². The second-order valence-corrected chi connectivity index (χ2v) is 4.52. The Morgan fingerprint density at radius 2 is 2.15 bits per heavy atom. The number of hydrogen-bond acceptors (Lipinski definition) is 4. The molecule has 0 saturated carbocycles. The molecule has 0 spiro atoms. The van der Waals surface area contributed by atoms with E-state index in [-0.39, 0.29) is 6.04 Å². The van der Waals surface area contributed by atoms with E-state index in [4.69, 9.17) is 10.5 Å². The smallest absolute Gasteiger partial charge is 0.161 e. The molecule has 3 aromatic heterocycles. The normalized spacial score (nSPS) is 12.8. The molecule has 1 unspecified atom stereocenters. The molecule has 0 aliphatic rings. The van der Waals surface area contributed by atoms with Crippen LogP contribution in [-0.2, 0) is 6.54 Å². The quantitative estimate of drug-likeness (QED) is 0.782. The lowest BCUT2D eigenvalue weighted by molar-refractivity contribution is 0.405. The highest BCUT2D eigenvalue weighted by molar-refractivity contribution is 5.57. The first-order valence-electron chi connectivity index (χ1n) is 6.53. The first-order valence-corrected chi connectivity index (χ1v) is 6.53. The van der Waals surface area contributed by atoms with Crippen molar-refractivity contribution in [3.63, 3.8) is 0 Å². The van der Waals surface area contributed by atoms with Gasteiger partial charge in [0.1, 0.15) is 5.69 Å². The van der Waals surface area contributed by atoms with Crippen molar-refractivity contribution in [3.05, 3.63) is 48.0 Å². The summed E-state index contributed by atoms with van der Waals surface area (Å²) in [4.78, 5) is 0. The van der Waals surface area contributed by atoms with Crippen molar-refractivity contribution in [3.8, 4) is 5.75 Å². The Bertz CT molecular complexity index is 709. The number of methoxy groups -OCH3 is 1. The third-order valence-corrected chi connectivity index (χ3v) is 3.45. The molecule has 0 aliphatic carbocycles. The summed E-state index contributed by atoms with van der Waals surface area (Å²) in [6, 6.07) is 5.59. The second-order valence-electron chi connectivity index (χ2n) is 4.52. The van der Waals surface area contributed by atoms with E-state index in [9.17, 15) is 0 Å². The van der Waals surface area contributed by atoms with E-state index in [0.717, 1.165) is 23.3 Å². The van der Waals surface area contributed by atoms with Crippen molar-refractivity contribution in [2.24, 2.45) is 5.73 Å². The summed E-state index contributed by atoms with van der Waals surface area (Å²) >= 11 is 0. The molecule has 6 nitrogen and oxygen atoms in total. The molecule has 6 heteroatoms. The van der Waals surface area contributed by atoms with Gasteiger partial charge < -0.3 is 10.5 Å². The van der Waals surface area contributed by atoms with Gasteiger partial charge in [-0.3, -0.25) is 4.68 Å². The molecule has 0 fully saturated rings. The van der Waals surface area contributed by atoms with Crippen LogP contribution in [0.4, 0.5) is 0 Å². The predicted molar refractivity (Wildman–Crippen MR) is 75.7 cm³/mol. The molecule has 0 aromatic carbocycles. The Kier molecular flexibility index (Phi) is 3.15. The lowest BCUT2D eigenvalue weighted by atomic mass is 10.1. The van der Waals surface area contributed by atoms with Crippen LogP contribution in [0.15, 0.2) is 36.8 Å². The summed E-state index contributed by atoms with van der Waals surface area (Å²) in [5, 5.41) is 8.63. The molecule has 0 bridgehead atoms. The Hall–Kier alpha value is -2.34. The molecule has 3 heterocycles. The minimum absolute atomic E-state index is 0.327. The Labute approximate surface area is 116 Å². The van der Waals surface area contributed by atoms with Crippen molar-refractivity contribution >= 4 is 5.52 Å². The van der Waals surface area contributed by atoms with E-state index in [1.165, 1.54) is 0 Å². The molecular formula is C14H17N5O. The minimum Gasteiger partial charge on any atom is -0.493 e. The van der Waals surface area contributed by atoms with Crippen molar-refractivity contribution in [1.29, 1.82) is 0 Å². The number of pyridine rings is 1. The van der Waals surface area contributed by atoms with Gasteiger partial charge in [0.15, 0.2) is 5.75 Å². The fraction of sp³-hybridized carbons (Fsp3) is 0.286. The fourth-order valence-electron chi connectivity index (χ4n) is 2.44. The van der Waals surface area contributed by atoms with Crippen LogP contribution in [0.5, 0.6) is 5.75 Å². The highest BCUT2D eigenvalue weighted by Crippen LogP contribution is 2.30. The zero-order valence-corrected chi connectivity index (χ0v) is 11.5. The van der Waals surface area contributed by atoms with Gasteiger partial charge in [-0.15, -0.1) is 0 Å². The van der Waals surface area contributed by atoms with Crippen molar-refractivity contribution in [2.75, 3.05) is 7.11 Å². The Morgan fingerprint density at radius 3 is 2.90 bits per heavy atom. The van der Waals surface area contributed by atoms with Gasteiger partial charge in [0, 0.05) is 18.3 Å². The monoisotopic (exact) mass is 271 g/mol. The molecule has 0 aliphatic heterocycles. The Morgan fingerprint density at radius 1 is 1.30 bits per heavy atom. The van der Waals surface area contributed by atoms with Gasteiger partial charge in [0.2, 0.25) is 0 Å². The van der Waals surface area contributed by atoms with Crippen LogP contribution >= 0.6 is 0 Å². The summed E-state index contributed by atoms with van der Waals surface area (Å²) in [5.74, 6) is 0.703. The average molecular weight is 271 g/mol. The molecule has 20 heavy (non-hydrogen) atoms. The minimum atomic E-state index is -0.327. The van der Waals surface area contributed by atoms with Crippen LogP contribution in [0.1, 0.15) is 24.2 Å². The number of hydrogen-bond donors (Lipinski definition) is 1. The van der Waals surface area contributed by atoms with Gasteiger partial charge in [-0.25, -0.2) is 4.52 Å². The van der Waals surface area contributed by atoms with Crippen molar-refractivity contribution in [1.82, 2.24) is 19.4 Å². The second kappa shape index (κ2) is 4.97. The molecule has 2 N–H and O–H groups in total. The molecule has 1 atom stereocenters. The molecular weight excluding hydrogens is 254 g/mol. The van der Waals surface area contributed by atoms with E-state index in [2.05, 4.69) is 10.2 Å². The first-order chi connectivity index (χ1) is 9.76. The molecule has 0 saturated heterocycles. The molecule has 104 valence electrons. The van der Waals surface area contributed by atoms with Crippen molar-refractivity contribution < 1.29 is 4.74 Å². The highest BCUT2D eigenvalue weighted by atomic mass is 16.5. The van der Waals surface area contributed by atoms with Crippen LogP contribution in [0.3, 0.4) is 0 Å². The van der Waals surface area contributed by atoms with E-state index >= 15 is 0 Å². The maximum Gasteiger partial charge on any atom is 0.161 e. The van der Waals surface area contributed by atoms with Gasteiger partial charge in [0.25, 0.3) is 0 Å². The molecule has 3 aromatic rings. The van der Waals surface area contributed by atoms with E-state index in [1.807, 2.05) is 40.5 Å². The number of rotatable bonds is 4. The lowest BCUT2D eigenvalue weighted by Gasteiger charge is -2.14. The van der Waals surface area contributed by atoms with Crippen LogP contribution in [0, 0.1) is 0 Å². The van der Waals surface area contributed by atoms with Gasteiger partial charge in [-0.1, -0.05) is 6.07 Å². The summed E-state index contributed by atoms with van der Waals surface area (Å²) in [6.45, 7) is 2.77. The predicted octanol–water partition coefficient (Wildman–Crippen LogP) is 1.61. The maximum atomic E-state index is 6.43. The summed E-state index contributed by atoms with van der Waals surface area (Å²) < 4.78 is 9.04. The summed E-state index contributed by atoms with van der Waals surface area (Å²) in [7, 11) is 1.63. The van der Waals surface area contributed by atoms with Crippen LogP contribution in [0.25, 0.3) is 5.52 Å². The van der Waals surface area contributed by atoms with Crippen LogP contribution in [-0.4, -0.2) is 26.5 Å². The van der Waals surface area contributed by atoms with Crippen molar-refractivity contribution in [2.45, 2.75) is 19.5 Å². The largest absolute Gasteiger partial charge is 0.493 e. The summed E-state index contributed by atoms with van der Waals surface area (Å²) in [6.07, 6.45) is 5.40. The number of aryl methyl sites for hydroxylation is 1. The number of nitrogens with two attached hydrogens (primary N) is 1. The molecule has 0 radical (unpaired) electrons. The van der Waals surface area contributed by atoms with Crippen LogP contribution < -0.4 is 10.5 Å². The highest BCUT2D eigenvalue weighted by Gasteiger charge is 2.22. The van der Waals surface area contributed by atoms with Gasteiger partial charge >= 0.3 is 0 Å². The number of fused-ring (bicyclic) bond motifs is 1. The zero-order chi connectivity index (χ0) is 14.1. The molecule has 0 amide bonds. The number of ether oxygens (including phenoxy) is 1. The zero-order valence-electron chi connectivity index (χ0n) is 11.5. The number of nitrogens with zero attached hydrogens (tertiary/aromatic N) is 4. The van der Waals surface area contributed by atoms with E-state index in [0.29, 0.717) is 5.75 Å². The average Bonchev–Trinajstić information content (AvgIpc) is 3.10. The van der Waals surface area contributed by atoms with E-state index in [1.54, 1.807) is 19.5 Å². The Balaban J connectivity index is 2.13. The SMILES string of the molecule is CCn1ncc(OC)c1C(N)c1cnn2ccccc12. The van der Waals surface area contributed by atoms with Gasteiger partial charge in [0.05, 0.1) is 31.1 Å². The topological polar surface area (TPSA) is 70.4 Å². The fourth-order valence-corrected chi connectivity index (χ4v) is 2.44. The first kappa shape index (κ1) is 12.7. The third kappa shape index (κ3) is 1.85. The third-order valence-electron chi connectivity index (χ3n) is 3.45. The van der Waals surface area contributed by atoms with Gasteiger partial charge in [-0.2, -0.15) is 10.2 Å². The maximum absolute atomic E-state index is 6.43. The molecule has 3 rings (SSSR count). The number of aromatic nitrogens is 4. The standard InChI is InChI=1S/C14H17N5O/c1-3-18-14(12(20-2)9-17-18)13(15)10-8-16-19-7-5-4-6-11(10)19/h4-9,13H,3,15H2,1-2H3. The van der Waals surface area contributed by atoms with Crippen LogP contribution in [0.2, 0.25) is 0 Å². The summed E-state index contributed by atoms with van der Waals surface area (Å²) in [5.41, 5.74) is 9.25. The van der Waals surface area contributed by atoms with Gasteiger partial charge in [-0.05, 0) is 19.1 Å². The lowest BCUT2D eigenvalue weighted by Crippen LogP contribution is -2.17.